The van der Waals surface area contributed by atoms with Crippen LogP contribution in [-0.2, 0) is 8.85 Å². The Balaban J connectivity index is 3.13. The first-order valence-corrected chi connectivity index (χ1v) is 8.99. The first kappa shape index (κ1) is 16.2. The molecule has 1 aromatic carbocycles. The van der Waals surface area contributed by atoms with Gasteiger partial charge in [-0.25, -0.2) is 0 Å². The lowest BCUT2D eigenvalue weighted by Crippen LogP contribution is -2.59. The van der Waals surface area contributed by atoms with Crippen molar-refractivity contribution in [3.8, 4) is 0 Å². The fraction of sp³-hybridized carbons (Fsp3) is 0.600. The molecular weight excluding hydrogens is 254 g/mol. The summed E-state index contributed by atoms with van der Waals surface area (Å²) in [6, 6.07) is 11.4. The molecule has 1 rings (SSSR count). The number of nitrogens with zero attached hydrogens (tertiary/aromatic N) is 1. The summed E-state index contributed by atoms with van der Waals surface area (Å²) in [6.07, 6.45) is 1.06. The number of anilines is 1. The Morgan fingerprint density at radius 1 is 1.11 bits per heavy atom. The van der Waals surface area contributed by atoms with Gasteiger partial charge in [0.15, 0.2) is 0 Å². The van der Waals surface area contributed by atoms with E-state index in [1.54, 1.807) is 14.2 Å². The van der Waals surface area contributed by atoms with Crippen LogP contribution in [0.4, 0.5) is 5.69 Å². The highest BCUT2D eigenvalue weighted by Gasteiger charge is 2.43. The van der Waals surface area contributed by atoms with E-state index in [2.05, 4.69) is 49.6 Å². The number of para-hydroxylation sites is 1. The molecule has 0 unspecified atom stereocenters. The zero-order chi connectivity index (χ0) is 14.3. The maximum Gasteiger partial charge on any atom is 0.458 e. The van der Waals surface area contributed by atoms with Crippen LogP contribution in [0.1, 0.15) is 27.2 Å². The van der Waals surface area contributed by atoms with Gasteiger partial charge >= 0.3 is 8.72 Å². The van der Waals surface area contributed by atoms with E-state index in [1.165, 1.54) is 5.69 Å². The molecule has 0 radical (unpaired) electrons. The second-order valence-electron chi connectivity index (χ2n) is 5.21. The molecule has 0 spiro atoms. The minimum atomic E-state index is -2.34. The Hall–Kier alpha value is -0.843. The van der Waals surface area contributed by atoms with Gasteiger partial charge in [0.2, 0.25) is 0 Å². The minimum absolute atomic E-state index is 0.564. The molecule has 0 aliphatic heterocycles. The average Bonchev–Trinajstić information content (AvgIpc) is 2.43. The molecule has 0 aliphatic rings. The summed E-state index contributed by atoms with van der Waals surface area (Å²) in [7, 11) is 1.22. The predicted molar refractivity (Wildman–Crippen MR) is 83.5 cm³/mol. The highest BCUT2D eigenvalue weighted by Crippen LogP contribution is 2.27. The van der Waals surface area contributed by atoms with Gasteiger partial charge in [0, 0.05) is 32.5 Å². The smallest absolute Gasteiger partial charge is 0.382 e. The fourth-order valence-corrected chi connectivity index (χ4v) is 5.48. The maximum absolute atomic E-state index is 5.89. The predicted octanol–water partition coefficient (Wildman–Crippen LogP) is 3.79. The molecule has 1 aromatic rings. The molecule has 0 amide bonds. The summed E-state index contributed by atoms with van der Waals surface area (Å²) in [5.74, 6) is 0.564. The van der Waals surface area contributed by atoms with Crippen LogP contribution in [0.15, 0.2) is 30.3 Å². The molecule has 0 atom stereocenters. The monoisotopic (exact) mass is 281 g/mol. The molecule has 0 aliphatic carbocycles. The average molecular weight is 281 g/mol. The minimum Gasteiger partial charge on any atom is -0.382 e. The van der Waals surface area contributed by atoms with Gasteiger partial charge in [-0.3, -0.25) is 0 Å². The van der Waals surface area contributed by atoms with Crippen LogP contribution in [0.2, 0.25) is 6.04 Å². The van der Waals surface area contributed by atoms with Crippen LogP contribution in [0.5, 0.6) is 0 Å². The summed E-state index contributed by atoms with van der Waals surface area (Å²) in [5, 5.41) is 0. The van der Waals surface area contributed by atoms with Crippen LogP contribution < -0.4 is 4.57 Å². The number of hydrogen-bond donors (Lipinski definition) is 0. The van der Waals surface area contributed by atoms with Crippen molar-refractivity contribution in [2.45, 2.75) is 33.2 Å². The molecule has 108 valence electrons. The maximum atomic E-state index is 5.89. The Labute approximate surface area is 118 Å². The van der Waals surface area contributed by atoms with E-state index in [0.717, 1.165) is 19.0 Å². The normalized spacial score (nSPS) is 11.9. The molecule has 0 bridgehead atoms. The molecule has 0 heterocycles. The molecule has 19 heavy (non-hydrogen) atoms. The quantitative estimate of drug-likeness (QED) is 0.677. The molecule has 0 aromatic heterocycles. The van der Waals surface area contributed by atoms with Gasteiger partial charge in [0.1, 0.15) is 0 Å². The molecule has 0 fully saturated rings. The zero-order valence-corrected chi connectivity index (χ0v) is 13.8. The standard InChI is InChI=1S/C15H27NO2Si/c1-6-12-19(17-4,18-5)16(13-14(2)3)15-10-8-7-9-11-15/h7-11,14H,6,12-13H2,1-5H3. The van der Waals surface area contributed by atoms with Crippen molar-refractivity contribution in [2.75, 3.05) is 25.3 Å². The largest absolute Gasteiger partial charge is 0.458 e. The van der Waals surface area contributed by atoms with Crippen LogP contribution >= 0.6 is 0 Å². The molecule has 0 N–H and O–H groups in total. The summed E-state index contributed by atoms with van der Waals surface area (Å²) in [5.41, 5.74) is 1.19. The van der Waals surface area contributed by atoms with Gasteiger partial charge in [-0.05, 0) is 18.1 Å². The van der Waals surface area contributed by atoms with E-state index in [-0.39, 0.29) is 0 Å². The van der Waals surface area contributed by atoms with Crippen molar-refractivity contribution in [3.05, 3.63) is 30.3 Å². The van der Waals surface area contributed by atoms with E-state index < -0.39 is 8.72 Å². The second kappa shape index (κ2) is 7.67. The number of rotatable bonds is 8. The first-order valence-electron chi connectivity index (χ1n) is 7.02. The summed E-state index contributed by atoms with van der Waals surface area (Å²) >= 11 is 0. The van der Waals surface area contributed by atoms with E-state index in [1.807, 2.05) is 6.07 Å². The topological polar surface area (TPSA) is 21.7 Å². The van der Waals surface area contributed by atoms with Crippen molar-refractivity contribution < 1.29 is 8.85 Å². The van der Waals surface area contributed by atoms with E-state index >= 15 is 0 Å². The highest BCUT2D eigenvalue weighted by atomic mass is 28.4. The van der Waals surface area contributed by atoms with Gasteiger partial charge in [-0.2, -0.15) is 0 Å². The van der Waals surface area contributed by atoms with Crippen LogP contribution in [-0.4, -0.2) is 29.5 Å². The van der Waals surface area contributed by atoms with E-state index in [9.17, 15) is 0 Å². The number of benzene rings is 1. The Morgan fingerprint density at radius 2 is 1.68 bits per heavy atom. The Morgan fingerprint density at radius 3 is 2.11 bits per heavy atom. The summed E-state index contributed by atoms with van der Waals surface area (Å²) in [6.45, 7) is 7.59. The van der Waals surface area contributed by atoms with E-state index in [4.69, 9.17) is 8.85 Å². The lowest BCUT2D eigenvalue weighted by molar-refractivity contribution is 0.236. The third kappa shape index (κ3) is 4.06. The lowest BCUT2D eigenvalue weighted by atomic mass is 10.2. The number of hydrogen-bond acceptors (Lipinski definition) is 3. The van der Waals surface area contributed by atoms with Crippen LogP contribution in [0, 0.1) is 5.92 Å². The molecule has 3 nitrogen and oxygen atoms in total. The lowest BCUT2D eigenvalue weighted by Gasteiger charge is -2.40. The van der Waals surface area contributed by atoms with Crippen molar-refractivity contribution in [1.82, 2.24) is 0 Å². The van der Waals surface area contributed by atoms with Gasteiger partial charge < -0.3 is 13.4 Å². The Bertz CT molecular complexity index is 352. The van der Waals surface area contributed by atoms with Crippen molar-refractivity contribution in [2.24, 2.45) is 5.92 Å². The molecule has 0 saturated carbocycles. The molecule has 0 saturated heterocycles. The van der Waals surface area contributed by atoms with Gasteiger partial charge in [0.05, 0.1) is 0 Å². The first-order chi connectivity index (χ1) is 9.09. The van der Waals surface area contributed by atoms with Crippen LogP contribution in [0.25, 0.3) is 0 Å². The Kier molecular flexibility index (Phi) is 6.55. The van der Waals surface area contributed by atoms with Crippen molar-refractivity contribution in [1.29, 1.82) is 0 Å². The summed E-state index contributed by atoms with van der Waals surface area (Å²) < 4.78 is 14.1. The summed E-state index contributed by atoms with van der Waals surface area (Å²) in [4.78, 5) is 0. The third-order valence-electron chi connectivity index (χ3n) is 3.23. The fourth-order valence-electron chi connectivity index (χ4n) is 2.37. The molecule has 4 heteroatoms. The second-order valence-corrected chi connectivity index (χ2v) is 8.49. The van der Waals surface area contributed by atoms with Crippen LogP contribution in [0.3, 0.4) is 0 Å². The van der Waals surface area contributed by atoms with Crippen molar-refractivity contribution in [3.63, 3.8) is 0 Å². The SMILES string of the molecule is CCC[Si](OC)(OC)N(CC(C)C)c1ccccc1. The molecular formula is C15H27NO2Si. The van der Waals surface area contributed by atoms with Crippen molar-refractivity contribution >= 4 is 14.4 Å². The van der Waals surface area contributed by atoms with Gasteiger partial charge in [-0.1, -0.05) is 45.4 Å². The van der Waals surface area contributed by atoms with Gasteiger partial charge in [-0.15, -0.1) is 0 Å². The third-order valence-corrected chi connectivity index (χ3v) is 6.90. The zero-order valence-electron chi connectivity index (χ0n) is 12.8. The van der Waals surface area contributed by atoms with Gasteiger partial charge in [0.25, 0.3) is 0 Å². The highest BCUT2D eigenvalue weighted by molar-refractivity contribution is 6.71. The van der Waals surface area contributed by atoms with E-state index in [0.29, 0.717) is 5.92 Å².